The summed E-state index contributed by atoms with van der Waals surface area (Å²) in [4.78, 5) is 91.9. The van der Waals surface area contributed by atoms with Gasteiger partial charge in [-0.3, -0.25) is 33.6 Å². The van der Waals surface area contributed by atoms with Crippen LogP contribution in [0.2, 0.25) is 0 Å². The number of methoxy groups -OCH3 is 4. The molecule has 0 aliphatic carbocycles. The van der Waals surface area contributed by atoms with E-state index in [0.29, 0.717) is 13.2 Å². The van der Waals surface area contributed by atoms with Crippen molar-refractivity contribution in [1.82, 2.24) is 37.2 Å². The Bertz CT molecular complexity index is 1280. The smallest absolute Gasteiger partial charge is 0.244 e. The number of carbonyl (C=O) groups is 7. The zero-order chi connectivity index (χ0) is 46.0. The van der Waals surface area contributed by atoms with Gasteiger partial charge in [0.15, 0.2) is 0 Å². The summed E-state index contributed by atoms with van der Waals surface area (Å²) in [6, 6.07) is -3.96. The second-order valence-corrected chi connectivity index (χ2v) is 13.6. The number of nitrogens with one attached hydrogen (secondary N) is 7. The maximum Gasteiger partial charge on any atom is 0.244 e. The Kier molecular flexibility index (Phi) is 33.1. The number of rotatable bonds is 37. The molecule has 61 heavy (non-hydrogen) atoms. The van der Waals surface area contributed by atoms with Crippen molar-refractivity contribution in [3.63, 3.8) is 0 Å². The topological polar surface area (TPSA) is 298 Å². The molecule has 0 saturated heterocycles. The highest BCUT2D eigenvalue weighted by atomic mass is 16.5. The Morgan fingerprint density at radius 1 is 0.377 bits per heavy atom. The molecule has 23 heteroatoms. The molecule has 0 aliphatic heterocycles. The third-order valence-electron chi connectivity index (χ3n) is 8.30. The molecule has 0 saturated carbocycles. The summed E-state index contributed by atoms with van der Waals surface area (Å²) in [5.74, 6) is -4.62. The van der Waals surface area contributed by atoms with E-state index in [2.05, 4.69) is 37.2 Å². The molecule has 0 rings (SSSR count). The van der Waals surface area contributed by atoms with Crippen molar-refractivity contribution in [3.05, 3.63) is 0 Å². The van der Waals surface area contributed by atoms with Crippen LogP contribution in [0.5, 0.6) is 0 Å². The second-order valence-electron chi connectivity index (χ2n) is 13.6. The Hall–Kier alpha value is -4.07. The highest BCUT2D eigenvalue weighted by Crippen LogP contribution is 2.07. The van der Waals surface area contributed by atoms with E-state index in [1.54, 1.807) is 27.7 Å². The Labute approximate surface area is 358 Å². The summed E-state index contributed by atoms with van der Waals surface area (Å²) in [7, 11) is 5.98. The molecule has 0 radical (unpaired) electrons. The van der Waals surface area contributed by atoms with Gasteiger partial charge in [0.25, 0.3) is 0 Å². The van der Waals surface area contributed by atoms with Crippen LogP contribution in [0.4, 0.5) is 0 Å². The average molecular weight is 882 g/mol. The van der Waals surface area contributed by atoms with Crippen LogP contribution in [-0.2, 0) is 71.5 Å². The Morgan fingerprint density at radius 2 is 0.639 bits per heavy atom. The van der Waals surface area contributed by atoms with Crippen LogP contribution >= 0.6 is 0 Å². The molecule has 7 atom stereocenters. The minimum atomic E-state index is -1.41. The summed E-state index contributed by atoms with van der Waals surface area (Å²) in [5, 5.41) is 27.5. The lowest BCUT2D eigenvalue weighted by Crippen LogP contribution is -2.55. The van der Waals surface area contributed by atoms with Crippen molar-refractivity contribution >= 4 is 41.4 Å². The lowest BCUT2D eigenvalue weighted by molar-refractivity contribution is -0.135. The van der Waals surface area contributed by atoms with E-state index in [1.165, 1.54) is 28.4 Å². The molecule has 7 unspecified atom stereocenters. The molecule has 0 aliphatic rings. The molecule has 0 aromatic rings. The van der Waals surface area contributed by atoms with Crippen LogP contribution in [0.15, 0.2) is 0 Å². The molecule has 23 nitrogen and oxygen atoms in total. The largest absolute Gasteiger partial charge is 0.396 e. The predicted octanol–water partition coefficient (Wildman–Crippen LogP) is -2.34. The van der Waals surface area contributed by atoms with Gasteiger partial charge in [0.05, 0.1) is 59.5 Å². The molecule has 0 spiro atoms. The van der Waals surface area contributed by atoms with Gasteiger partial charge in [-0.2, -0.15) is 0 Å². The van der Waals surface area contributed by atoms with Crippen LogP contribution in [0.1, 0.15) is 72.6 Å². The van der Waals surface area contributed by atoms with E-state index in [4.69, 9.17) is 37.9 Å². The van der Waals surface area contributed by atoms with Crippen molar-refractivity contribution in [3.8, 4) is 0 Å². The molecule has 7 amide bonds. The first kappa shape index (κ1) is 56.9. The van der Waals surface area contributed by atoms with Gasteiger partial charge in [-0.15, -0.1) is 0 Å². The zero-order valence-electron chi connectivity index (χ0n) is 36.9. The molecular weight excluding hydrogens is 810 g/mol. The summed E-state index contributed by atoms with van der Waals surface area (Å²) in [6.45, 7) is 7.76. The van der Waals surface area contributed by atoms with Gasteiger partial charge in [-0.25, -0.2) is 0 Å². The Balaban J connectivity index is 6.06. The number of hydrogen-bond acceptors (Lipinski definition) is 16. The van der Waals surface area contributed by atoms with Crippen molar-refractivity contribution in [2.75, 3.05) is 87.9 Å². The number of ether oxygens (including phenoxy) is 8. The fourth-order valence-corrected chi connectivity index (χ4v) is 5.14. The van der Waals surface area contributed by atoms with E-state index in [9.17, 15) is 38.7 Å². The van der Waals surface area contributed by atoms with E-state index in [-0.39, 0.29) is 78.2 Å². The molecule has 0 aromatic carbocycles. The predicted molar refractivity (Wildman–Crippen MR) is 217 cm³/mol. The average Bonchev–Trinajstić information content (AvgIpc) is 3.19. The van der Waals surface area contributed by atoms with Gasteiger partial charge in [0.1, 0.15) is 43.0 Å². The lowest BCUT2D eigenvalue weighted by atomic mass is 10.1. The quantitative estimate of drug-likeness (QED) is 0.0240. The fraction of sp³-hybridized carbons (Fsp3) is 0.816. The fourth-order valence-electron chi connectivity index (χ4n) is 5.14. The van der Waals surface area contributed by atoms with E-state index in [1.807, 2.05) is 0 Å². The van der Waals surface area contributed by atoms with Gasteiger partial charge < -0.3 is 80.2 Å². The third kappa shape index (κ3) is 29.8. The maximum absolute atomic E-state index is 13.8. The first-order valence-corrected chi connectivity index (χ1v) is 20.2. The molecule has 0 bridgehead atoms. The number of aliphatic hydroxyl groups excluding tert-OH is 1. The normalized spacial score (nSPS) is 14.6. The SMILES string of the molecule is COCCOC(C)NC(=O)CCC(NC(=O)CCC(NC(=O)CCO)C(=O)NC(CCC(=O)NC(C)OCCOC)C(=O)NC(C)OCCOC)C(=O)NC(C)OCCOC. The molecule has 0 aromatic heterocycles. The molecular formula is C38H71N7O16. The van der Waals surface area contributed by atoms with Crippen LogP contribution in [0.3, 0.4) is 0 Å². The Morgan fingerprint density at radius 3 is 0.951 bits per heavy atom. The van der Waals surface area contributed by atoms with E-state index in [0.717, 1.165) is 0 Å². The summed E-state index contributed by atoms with van der Waals surface area (Å²) >= 11 is 0. The summed E-state index contributed by atoms with van der Waals surface area (Å²) in [5.41, 5.74) is 0. The minimum Gasteiger partial charge on any atom is -0.396 e. The highest BCUT2D eigenvalue weighted by Gasteiger charge is 2.30. The molecule has 0 fully saturated rings. The van der Waals surface area contributed by atoms with E-state index < -0.39 is 97.4 Å². The van der Waals surface area contributed by atoms with Crippen LogP contribution < -0.4 is 37.2 Å². The van der Waals surface area contributed by atoms with Crippen LogP contribution in [0, 0.1) is 0 Å². The van der Waals surface area contributed by atoms with Gasteiger partial charge in [-0.05, 0) is 47.0 Å². The standard InChI is InChI=1S/C38H71N7O16/c1-25(58-21-17-54-5)39-32(47)12-9-29(36(51)41-27(3)60-23-19-56-7)43-34(49)14-10-30(44-35(50)15-16-46)38(53)45-31(37(52)42-28(4)61-24-20-57-8)11-13-33(48)40-26(2)59-22-18-55-6/h25-31,46H,9-24H2,1-8H3,(H,39,47)(H,40,48)(H,41,51)(H,42,52)(H,43,49)(H,44,50)(H,45,53). The third-order valence-corrected chi connectivity index (χ3v) is 8.30. The minimum absolute atomic E-state index is 0.133. The van der Waals surface area contributed by atoms with E-state index >= 15 is 0 Å². The first-order valence-electron chi connectivity index (χ1n) is 20.2. The van der Waals surface area contributed by atoms with Crippen molar-refractivity contribution in [2.24, 2.45) is 0 Å². The molecule has 8 N–H and O–H groups in total. The first-order chi connectivity index (χ1) is 29.1. The second kappa shape index (κ2) is 35.5. The molecule has 0 heterocycles. The number of amides is 7. The van der Waals surface area contributed by atoms with Crippen LogP contribution in [-0.4, -0.2) is 177 Å². The lowest BCUT2D eigenvalue weighted by Gasteiger charge is -2.25. The van der Waals surface area contributed by atoms with Gasteiger partial charge in [0, 0.05) is 54.1 Å². The van der Waals surface area contributed by atoms with Gasteiger partial charge >= 0.3 is 0 Å². The number of carbonyl (C=O) groups excluding carboxylic acids is 7. The van der Waals surface area contributed by atoms with Crippen molar-refractivity contribution < 1.29 is 76.6 Å². The number of aliphatic hydroxyl groups is 1. The molecule has 354 valence electrons. The van der Waals surface area contributed by atoms with Crippen molar-refractivity contribution in [2.45, 2.75) is 116 Å². The van der Waals surface area contributed by atoms with Gasteiger partial charge in [-0.1, -0.05) is 0 Å². The van der Waals surface area contributed by atoms with Crippen LogP contribution in [0.25, 0.3) is 0 Å². The zero-order valence-corrected chi connectivity index (χ0v) is 36.9. The highest BCUT2D eigenvalue weighted by molar-refractivity contribution is 5.93. The van der Waals surface area contributed by atoms with Gasteiger partial charge in [0.2, 0.25) is 41.4 Å². The monoisotopic (exact) mass is 881 g/mol. The van der Waals surface area contributed by atoms with Crippen molar-refractivity contribution in [1.29, 1.82) is 0 Å². The number of hydrogen-bond donors (Lipinski definition) is 8. The summed E-state index contributed by atoms with van der Waals surface area (Å²) in [6.07, 6.45) is -4.77. The summed E-state index contributed by atoms with van der Waals surface area (Å²) < 4.78 is 41.7. The maximum atomic E-state index is 13.8.